The van der Waals surface area contributed by atoms with E-state index < -0.39 is 29.7 Å². The van der Waals surface area contributed by atoms with Crippen molar-refractivity contribution in [3.63, 3.8) is 0 Å². The number of thiazole rings is 1. The van der Waals surface area contributed by atoms with Crippen LogP contribution in [0.5, 0.6) is 0 Å². The number of aliphatic carboxylic acids is 1. The number of carbonyl (C=O) groups is 2. The van der Waals surface area contributed by atoms with Crippen molar-refractivity contribution in [2.24, 2.45) is 0 Å². The smallest absolute Gasteiger partial charge is 0.416 e. The van der Waals surface area contributed by atoms with Gasteiger partial charge in [-0.3, -0.25) is 4.79 Å². The molecule has 9 heteroatoms. The third kappa shape index (κ3) is 5.29. The Morgan fingerprint density at radius 1 is 1.35 bits per heavy atom. The van der Waals surface area contributed by atoms with Crippen LogP contribution >= 0.6 is 11.3 Å². The largest absolute Gasteiger partial charge is 0.480 e. The van der Waals surface area contributed by atoms with Crippen molar-refractivity contribution in [2.45, 2.75) is 38.4 Å². The highest BCUT2D eigenvalue weighted by atomic mass is 32.1. The molecule has 1 heterocycles. The highest BCUT2D eigenvalue weighted by molar-refractivity contribution is 7.13. The number of nitrogens with one attached hydrogen (secondary N) is 1. The normalized spacial score (nSPS) is 12.6. The van der Waals surface area contributed by atoms with Crippen molar-refractivity contribution in [3.8, 4) is 10.6 Å². The fourth-order valence-corrected chi connectivity index (χ4v) is 3.12. The Morgan fingerprint density at radius 3 is 2.69 bits per heavy atom. The van der Waals surface area contributed by atoms with E-state index in [9.17, 15) is 22.8 Å². The van der Waals surface area contributed by atoms with Crippen LogP contribution < -0.4 is 5.32 Å². The molecular weight excluding hydrogens is 369 g/mol. The van der Waals surface area contributed by atoms with Crippen LogP contribution in [0.2, 0.25) is 0 Å². The van der Waals surface area contributed by atoms with E-state index in [0.29, 0.717) is 29.1 Å². The van der Waals surface area contributed by atoms with Crippen molar-refractivity contribution < 1.29 is 27.9 Å². The van der Waals surface area contributed by atoms with Crippen molar-refractivity contribution in [2.75, 3.05) is 0 Å². The lowest BCUT2D eigenvalue weighted by atomic mass is 10.1. The van der Waals surface area contributed by atoms with Crippen molar-refractivity contribution in [1.29, 1.82) is 0 Å². The first-order chi connectivity index (χ1) is 12.2. The Morgan fingerprint density at radius 2 is 2.08 bits per heavy atom. The minimum Gasteiger partial charge on any atom is -0.480 e. The van der Waals surface area contributed by atoms with E-state index in [1.165, 1.54) is 12.1 Å². The van der Waals surface area contributed by atoms with Crippen LogP contribution in [-0.2, 0) is 22.2 Å². The average molecular weight is 386 g/mol. The second-order valence-corrected chi connectivity index (χ2v) is 6.50. The number of nitrogens with zero attached hydrogens (tertiary/aromatic N) is 1. The number of hydrogen-bond donors (Lipinski definition) is 2. The molecule has 2 aromatic rings. The van der Waals surface area contributed by atoms with E-state index in [4.69, 9.17) is 5.11 Å². The average Bonchev–Trinajstić information content (AvgIpc) is 3.02. The van der Waals surface area contributed by atoms with Gasteiger partial charge in [0.2, 0.25) is 5.91 Å². The van der Waals surface area contributed by atoms with Crippen LogP contribution in [0.4, 0.5) is 13.2 Å². The summed E-state index contributed by atoms with van der Waals surface area (Å²) >= 11 is 1.12. The highest BCUT2D eigenvalue weighted by Crippen LogP contribution is 2.33. The topological polar surface area (TPSA) is 79.3 Å². The van der Waals surface area contributed by atoms with E-state index in [0.717, 1.165) is 23.5 Å². The molecule has 5 nitrogen and oxygen atoms in total. The maximum atomic E-state index is 12.8. The number of carbonyl (C=O) groups excluding carboxylic acids is 1. The van der Waals surface area contributed by atoms with Crippen molar-refractivity contribution in [1.82, 2.24) is 10.3 Å². The summed E-state index contributed by atoms with van der Waals surface area (Å²) in [6, 6.07) is 3.83. The van der Waals surface area contributed by atoms with Gasteiger partial charge in [0.05, 0.1) is 17.7 Å². The van der Waals surface area contributed by atoms with E-state index in [-0.39, 0.29) is 6.42 Å². The first kappa shape index (κ1) is 19.9. The summed E-state index contributed by atoms with van der Waals surface area (Å²) in [5.74, 6) is -1.60. The van der Waals surface area contributed by atoms with Gasteiger partial charge < -0.3 is 10.4 Å². The van der Waals surface area contributed by atoms with E-state index in [2.05, 4.69) is 10.3 Å². The molecular formula is C17H17F3N2O3S. The molecule has 0 radical (unpaired) electrons. The summed E-state index contributed by atoms with van der Waals surface area (Å²) in [7, 11) is 0. The number of hydrogen-bond acceptors (Lipinski definition) is 4. The van der Waals surface area contributed by atoms with Crippen LogP contribution in [0.1, 0.15) is 31.0 Å². The van der Waals surface area contributed by atoms with Crippen molar-refractivity contribution in [3.05, 3.63) is 40.9 Å². The summed E-state index contributed by atoms with van der Waals surface area (Å²) in [5.41, 5.74) is -0.0835. The summed E-state index contributed by atoms with van der Waals surface area (Å²) < 4.78 is 38.4. The first-order valence-electron chi connectivity index (χ1n) is 7.85. The van der Waals surface area contributed by atoms with Gasteiger partial charge >= 0.3 is 12.1 Å². The van der Waals surface area contributed by atoms with Crippen molar-refractivity contribution >= 4 is 23.2 Å². The molecule has 2 N–H and O–H groups in total. The van der Waals surface area contributed by atoms with Gasteiger partial charge in [-0.25, -0.2) is 9.78 Å². The predicted molar refractivity (Wildman–Crippen MR) is 90.7 cm³/mol. The van der Waals surface area contributed by atoms with Crippen LogP contribution in [0.3, 0.4) is 0 Å². The SMILES string of the molecule is CCCC(NC(=O)Cc1csc(-c2cccc(C(F)(F)F)c2)n1)C(=O)O. The molecule has 0 saturated heterocycles. The van der Waals surface area contributed by atoms with Gasteiger partial charge in [-0.2, -0.15) is 13.2 Å². The quantitative estimate of drug-likeness (QED) is 0.760. The Bertz CT molecular complexity index is 790. The van der Waals surface area contributed by atoms with Gasteiger partial charge in [-0.05, 0) is 18.6 Å². The lowest BCUT2D eigenvalue weighted by Gasteiger charge is -2.12. The number of carboxylic acids is 1. The highest BCUT2D eigenvalue weighted by Gasteiger charge is 2.30. The monoisotopic (exact) mass is 386 g/mol. The fourth-order valence-electron chi connectivity index (χ4n) is 2.31. The van der Waals surface area contributed by atoms with Gasteiger partial charge in [0.1, 0.15) is 11.0 Å². The first-order valence-corrected chi connectivity index (χ1v) is 8.73. The molecule has 0 spiro atoms. The second kappa shape index (κ2) is 8.31. The number of carboxylic acid groups (broad SMARTS) is 1. The summed E-state index contributed by atoms with van der Waals surface area (Å²) in [6.07, 6.45) is -3.66. The van der Waals surface area contributed by atoms with Crippen LogP contribution in [0.15, 0.2) is 29.6 Å². The Labute approximate surface area is 151 Å². The molecule has 1 atom stereocenters. The fraction of sp³-hybridized carbons (Fsp3) is 0.353. The molecule has 0 saturated carbocycles. The molecule has 0 fully saturated rings. The number of alkyl halides is 3. The van der Waals surface area contributed by atoms with Crippen LogP contribution in [-0.4, -0.2) is 28.0 Å². The molecule has 0 aliphatic carbocycles. The second-order valence-electron chi connectivity index (χ2n) is 5.65. The lowest BCUT2D eigenvalue weighted by Crippen LogP contribution is -2.41. The van der Waals surface area contributed by atoms with E-state index in [1.54, 1.807) is 5.38 Å². The van der Waals surface area contributed by atoms with Crippen LogP contribution in [0.25, 0.3) is 10.6 Å². The minimum atomic E-state index is -4.44. The maximum absolute atomic E-state index is 12.8. The zero-order valence-electron chi connectivity index (χ0n) is 13.8. The predicted octanol–water partition coefficient (Wildman–Crippen LogP) is 3.74. The number of amides is 1. The summed E-state index contributed by atoms with van der Waals surface area (Å²) in [6.45, 7) is 1.81. The molecule has 140 valence electrons. The van der Waals surface area contributed by atoms with Gasteiger partial charge in [0, 0.05) is 10.9 Å². The molecule has 1 amide bonds. The maximum Gasteiger partial charge on any atom is 0.416 e. The van der Waals surface area contributed by atoms with Gasteiger partial charge in [0.25, 0.3) is 0 Å². The number of rotatable bonds is 7. The zero-order valence-corrected chi connectivity index (χ0v) is 14.7. The van der Waals surface area contributed by atoms with E-state index >= 15 is 0 Å². The zero-order chi connectivity index (χ0) is 19.3. The Kier molecular flexibility index (Phi) is 6.36. The molecule has 1 aromatic heterocycles. The number of aromatic nitrogens is 1. The molecule has 0 aliphatic rings. The van der Waals surface area contributed by atoms with Gasteiger partial charge in [-0.1, -0.05) is 25.5 Å². The van der Waals surface area contributed by atoms with Gasteiger partial charge in [0.15, 0.2) is 0 Å². The molecule has 1 aromatic carbocycles. The standard InChI is InChI=1S/C17H17F3N2O3S/c1-2-4-13(16(24)25)22-14(23)8-12-9-26-15(21-12)10-5-3-6-11(7-10)17(18,19)20/h3,5-7,9,13H,2,4,8H2,1H3,(H,22,23)(H,24,25). The van der Waals surface area contributed by atoms with E-state index in [1.807, 2.05) is 6.92 Å². The third-order valence-electron chi connectivity index (χ3n) is 3.54. The molecule has 1 unspecified atom stereocenters. The number of halogens is 3. The van der Waals surface area contributed by atoms with Gasteiger partial charge in [-0.15, -0.1) is 11.3 Å². The summed E-state index contributed by atoms with van der Waals surface area (Å²) in [4.78, 5) is 27.2. The molecule has 26 heavy (non-hydrogen) atoms. The molecule has 2 rings (SSSR count). The van der Waals surface area contributed by atoms with Crippen LogP contribution in [0, 0.1) is 0 Å². The Hall–Kier alpha value is -2.42. The number of benzene rings is 1. The lowest BCUT2D eigenvalue weighted by molar-refractivity contribution is -0.142. The Balaban J connectivity index is 2.08. The molecule has 0 aliphatic heterocycles. The third-order valence-corrected chi connectivity index (χ3v) is 4.48. The molecule has 0 bridgehead atoms. The minimum absolute atomic E-state index is 0.136. The summed E-state index contributed by atoms with van der Waals surface area (Å²) in [5, 5.41) is 13.4.